The Hall–Kier alpha value is -12.6. The van der Waals surface area contributed by atoms with E-state index in [9.17, 15) is 97.5 Å². The van der Waals surface area contributed by atoms with Gasteiger partial charge in [-0.25, -0.2) is 4.98 Å². The first-order chi connectivity index (χ1) is 67.2. The number of carboxylic acid groups (broad SMARTS) is 1. The molecule has 1 aromatic carbocycles. The minimum absolute atomic E-state index is 0.0123. The fourth-order valence-corrected chi connectivity index (χ4v) is 20.7. The molecule has 59 heteroatoms. The summed E-state index contributed by atoms with van der Waals surface area (Å²) >= 11 is 1.12. The number of carbonyl (C=O) groups excluding carboxylic acids is 21. The van der Waals surface area contributed by atoms with Crippen molar-refractivity contribution in [1.29, 1.82) is 5.41 Å². The zero-order chi connectivity index (χ0) is 105. The third-order valence-corrected chi connectivity index (χ3v) is 28.9. The van der Waals surface area contributed by atoms with E-state index in [1.165, 1.54) is 43.7 Å². The highest BCUT2D eigenvalue weighted by Crippen LogP contribution is 2.30. The molecule has 21 atom stereocenters. The van der Waals surface area contributed by atoms with Gasteiger partial charge in [0.05, 0.1) is 56.1 Å². The highest BCUT2D eigenvalue weighted by atomic mass is 33.1. The van der Waals surface area contributed by atoms with E-state index >= 15 is 33.6 Å². The van der Waals surface area contributed by atoms with Crippen LogP contribution in [0.4, 0.5) is 0 Å². The van der Waals surface area contributed by atoms with Crippen LogP contribution in [0.1, 0.15) is 122 Å². The van der Waals surface area contributed by atoms with E-state index in [4.69, 9.17) is 39.8 Å². The third kappa shape index (κ3) is 35.8. The number of fused-ring (bicyclic) bond motifs is 10. The van der Waals surface area contributed by atoms with E-state index < -0.39 is 350 Å². The molecule has 5 saturated heterocycles. The number of guanidine groups is 1. The molecule has 142 heavy (non-hydrogen) atoms. The average molecular weight is 2090 g/mol. The molecule has 2 bridgehead atoms. The number of nitrogens with zero attached hydrogens (tertiary/aromatic N) is 4. The Morgan fingerprint density at radius 3 is 1.68 bits per heavy atom. The predicted molar refractivity (Wildman–Crippen MR) is 512 cm³/mol. The number of rotatable bonds is 30. The topological polar surface area (TPSA) is 876 Å². The van der Waals surface area contributed by atoms with Crippen LogP contribution in [0.5, 0.6) is 5.75 Å². The third-order valence-electron chi connectivity index (χ3n) is 23.4. The molecule has 2 aromatic rings. The number of carboxylic acids is 1. The summed E-state index contributed by atoms with van der Waals surface area (Å²) < 4.78 is 0. The lowest BCUT2D eigenvalue weighted by atomic mass is 9.97. The van der Waals surface area contributed by atoms with Crippen molar-refractivity contribution in [2.75, 3.05) is 67.8 Å². The number of phenolic OH excluding ortho intramolecular Hbond substituents is 1. The fraction of sp³-hybridized carbons (Fsp3) is 0.614. The second kappa shape index (κ2) is 56.9. The smallest absolute Gasteiger partial charge is 0.305 e. The van der Waals surface area contributed by atoms with Crippen molar-refractivity contribution in [2.45, 2.75) is 244 Å². The number of H-pyrrole nitrogens is 1. The molecule has 0 radical (unpaired) electrons. The van der Waals surface area contributed by atoms with Crippen molar-refractivity contribution in [3.63, 3.8) is 0 Å². The molecule has 784 valence electrons. The highest BCUT2D eigenvalue weighted by molar-refractivity contribution is 8.77. The first-order valence-electron chi connectivity index (χ1n) is 45.3. The number of thioether (sulfide) groups is 1. The SMILES string of the molecule is CCC(C)C1NC(=O)C(CCC(N)=O)NC(=O)C2CCCN2C(=O)C(CC(N)=O)NC(=O)C(CO)NC(=O)C(CCSC)NC(=O)C(CC(N)=O)NC(=O)C2CSSCC(NC(=O)C3CC(O)CN3C(=O)C(CC(=O)O)NC(=O)C(N)CCCNC(=N)N)C(=O)NC(CSSCC(C(N)=O)NC1=O)C(=O)NC(Cc1ccc(O)cc1)C(=O)NC(Cc1c[nH]cn1)C(=O)N1CCCC1C(=O)NC(C(C)O)C(=O)N2. The summed E-state index contributed by atoms with van der Waals surface area (Å²) in [7, 11) is 2.57. The van der Waals surface area contributed by atoms with Crippen molar-refractivity contribution in [3.8, 4) is 5.75 Å². The predicted octanol–water partition coefficient (Wildman–Crippen LogP) is -11.8. The molecular weight excluding hydrogens is 1970 g/mol. The van der Waals surface area contributed by atoms with Crippen molar-refractivity contribution in [2.24, 2.45) is 40.3 Å². The zero-order valence-corrected chi connectivity index (χ0v) is 82.1. The number of phenols is 1. The summed E-state index contributed by atoms with van der Waals surface area (Å²) in [5.41, 5.74) is 34.7. The van der Waals surface area contributed by atoms with Crippen molar-refractivity contribution in [1.82, 2.24) is 104 Å². The molecule has 34 N–H and O–H groups in total. The van der Waals surface area contributed by atoms with Crippen LogP contribution < -0.4 is 114 Å². The molecule has 0 aliphatic carbocycles. The van der Waals surface area contributed by atoms with Crippen LogP contribution in [-0.4, -0.2) is 375 Å². The number of aromatic hydroxyl groups is 1. The monoisotopic (exact) mass is 2090 g/mol. The summed E-state index contributed by atoms with van der Waals surface area (Å²) in [5.74, 6) is -31.1. The number of imidazole rings is 1. The number of hydrogen-bond donors (Lipinski definition) is 28. The number of aliphatic hydroxyl groups excluding tert-OH is 3. The largest absolute Gasteiger partial charge is 0.508 e. The van der Waals surface area contributed by atoms with Gasteiger partial charge in [-0.1, -0.05) is 75.6 Å². The zero-order valence-electron chi connectivity index (χ0n) is 78.0. The van der Waals surface area contributed by atoms with Gasteiger partial charge in [-0.3, -0.25) is 111 Å². The number of β-amino-alcohol motifs (C(OH)–C–C–N with tert-alkyl or cyclic N) is 1. The first kappa shape index (κ1) is 116. The van der Waals surface area contributed by atoms with Crippen molar-refractivity contribution < 1.29 is 131 Å². The second-order valence-corrected chi connectivity index (χ2v) is 40.4. The van der Waals surface area contributed by atoms with E-state index in [1.54, 1.807) is 13.2 Å². The average Bonchev–Trinajstić information content (AvgIpc) is 1.61. The number of likely N-dealkylation sites (tertiary alicyclic amines) is 1. The standard InChI is InChI=1S/C83H125N27O27S5/c1-5-37(2)63-78(133)102-52(65(88)120)32-139-140-33-53-72(127)96-46(23-39-12-14-41(113)15-13-39)69(124)99-48(24-40-29-91-36-93-40)80(135)109-21-8-11-57(109)76(131)107-64(38(3)112)79(134)105-55(35-142-141-34-54(74(129)103-53)104-77(132)58-25-42(114)30-110(58)82(137)50(28-62(118)119)98-66(121)43(84)9-6-19-92-83(89)90)73(128)97-47(26-60(86)116)70(125)94-45(18-22-138-4)67(122)101-51(31-111)71(126)100-49(27-61(87)117)81(136)108-20-7-10-56(108)75(130)95-44(68(123)106-63)16-17-59(85)115/h12-15,29,36-38,42-58,63-64,111-114H,5-11,16-28,30-35,84H2,1-4H3,(H2,85,115)(H2,86,116)(H2,87,117)(H2,88,120)(H,91,93)(H,94,125)(H,95,130)(H,96,127)(H,97,128)(H,98,121)(H,99,124)(H,100,126)(H,101,122)(H,102,133)(H,103,129)(H,104,132)(H,105,134)(H,106,123)(H,107,131)(H,118,119)(H4,89,90,92). The van der Waals surface area contributed by atoms with Crippen LogP contribution >= 0.6 is 54.9 Å². The van der Waals surface area contributed by atoms with E-state index in [1.807, 2.05) is 0 Å². The Morgan fingerprint density at radius 2 is 1.11 bits per heavy atom. The molecule has 0 spiro atoms. The van der Waals surface area contributed by atoms with Crippen molar-refractivity contribution in [3.05, 3.63) is 48.0 Å². The van der Waals surface area contributed by atoms with Gasteiger partial charge in [0.15, 0.2) is 5.96 Å². The molecule has 5 aliphatic rings. The summed E-state index contributed by atoms with van der Waals surface area (Å²) in [6.07, 6.45) is -5.52. The Balaban J connectivity index is 1.43. The number of primary amides is 4. The van der Waals surface area contributed by atoms with Crippen LogP contribution in [-0.2, 0) is 118 Å². The normalized spacial score (nSPS) is 26.8. The molecule has 1 aromatic heterocycles. The summed E-state index contributed by atoms with van der Waals surface area (Å²) in [6, 6.07) is -27.9. The van der Waals surface area contributed by atoms with Gasteiger partial charge in [0.2, 0.25) is 124 Å². The molecule has 5 aliphatic heterocycles. The summed E-state index contributed by atoms with van der Waals surface area (Å²) in [5, 5.41) is 98.2. The van der Waals surface area contributed by atoms with Gasteiger partial charge in [0.1, 0.15) is 108 Å². The number of carbonyl (C=O) groups is 22. The van der Waals surface area contributed by atoms with Crippen LogP contribution in [0, 0.1) is 11.3 Å². The minimum atomic E-state index is -2.16. The summed E-state index contributed by atoms with van der Waals surface area (Å²) in [4.78, 5) is 328. The molecule has 5 fully saturated rings. The number of aromatic amines is 1. The molecule has 0 saturated carbocycles. The van der Waals surface area contributed by atoms with E-state index in [0.717, 1.165) is 28.5 Å². The van der Waals surface area contributed by atoms with E-state index in [2.05, 4.69) is 89.7 Å². The second-order valence-electron chi connectivity index (χ2n) is 34.3. The molecule has 21 unspecified atom stereocenters. The van der Waals surface area contributed by atoms with E-state index in [0.29, 0.717) is 48.1 Å². The lowest BCUT2D eigenvalue weighted by Gasteiger charge is -2.31. The van der Waals surface area contributed by atoms with Crippen LogP contribution in [0.3, 0.4) is 0 Å². The maximum absolute atomic E-state index is 15.8. The Labute approximate surface area is 833 Å². The van der Waals surface area contributed by atoms with Gasteiger partial charge >= 0.3 is 5.97 Å². The molecule has 21 amide bonds. The Kier molecular flexibility index (Phi) is 46.6. The number of nitrogens with one attached hydrogen (secondary N) is 17. The summed E-state index contributed by atoms with van der Waals surface area (Å²) in [6.45, 7) is 1.81. The van der Waals surface area contributed by atoms with Gasteiger partial charge in [0.25, 0.3) is 0 Å². The van der Waals surface area contributed by atoms with Crippen molar-refractivity contribution >= 4 is 191 Å². The van der Waals surface area contributed by atoms with Crippen LogP contribution in [0.25, 0.3) is 0 Å². The van der Waals surface area contributed by atoms with Gasteiger partial charge in [-0.15, -0.1) is 0 Å². The van der Waals surface area contributed by atoms with Crippen LogP contribution in [0.2, 0.25) is 0 Å². The molecule has 6 heterocycles. The lowest BCUT2D eigenvalue weighted by molar-refractivity contribution is -0.146. The number of aromatic nitrogens is 2. The van der Waals surface area contributed by atoms with Gasteiger partial charge in [-0.2, -0.15) is 11.8 Å². The van der Waals surface area contributed by atoms with E-state index in [-0.39, 0.29) is 93.8 Å². The Morgan fingerprint density at radius 1 is 0.599 bits per heavy atom. The Bertz CT molecular complexity index is 4880. The number of benzene rings is 1. The quantitative estimate of drug-likeness (QED) is 0.0149. The van der Waals surface area contributed by atoms with Gasteiger partial charge in [0, 0.05) is 81.1 Å². The highest BCUT2D eigenvalue weighted by Gasteiger charge is 2.48. The van der Waals surface area contributed by atoms with Gasteiger partial charge in [-0.05, 0) is 93.9 Å². The first-order valence-corrected chi connectivity index (χ1v) is 51.7. The number of hydrogen-bond acceptors (Lipinski definition) is 34. The molecule has 54 nitrogen and oxygen atoms in total. The number of aliphatic carboxylic acids is 1. The van der Waals surface area contributed by atoms with Crippen LogP contribution in [0.15, 0.2) is 36.8 Å². The van der Waals surface area contributed by atoms with Gasteiger partial charge < -0.3 is 159 Å². The molecule has 7 rings (SSSR count). The lowest BCUT2D eigenvalue weighted by Crippen LogP contribution is -2.62. The number of aliphatic hydroxyl groups is 3. The maximum atomic E-state index is 15.8. The fourth-order valence-electron chi connectivity index (χ4n) is 15.6. The molecular formula is C83H125N27O27S5. The number of amides is 21. The maximum Gasteiger partial charge on any atom is 0.305 e. The number of nitrogens with two attached hydrogens (primary N) is 6. The minimum Gasteiger partial charge on any atom is -0.508 e.